The fourth-order valence-corrected chi connectivity index (χ4v) is 1.87. The van der Waals surface area contributed by atoms with Crippen molar-refractivity contribution < 1.29 is 19.1 Å². The molecule has 0 radical (unpaired) electrons. The lowest BCUT2D eigenvalue weighted by molar-refractivity contribution is -0.140. The Bertz CT molecular complexity index is 502. The molecule has 110 valence electrons. The Hall–Kier alpha value is -1.91. The summed E-state index contributed by atoms with van der Waals surface area (Å²) in [6, 6.07) is 3.28. The minimum atomic E-state index is -1.11. The Morgan fingerprint density at radius 3 is 2.50 bits per heavy atom. The molecular formula is C15H20FNO3. The van der Waals surface area contributed by atoms with E-state index in [-0.39, 0.29) is 11.5 Å². The molecule has 0 aromatic heterocycles. The number of carbonyl (C=O) groups excluding carboxylic acids is 1. The third-order valence-electron chi connectivity index (χ3n) is 3.45. The second kappa shape index (κ2) is 7.03. The fourth-order valence-electron chi connectivity index (χ4n) is 1.87. The number of rotatable bonds is 6. The standard InChI is InChI=1S/C15H20FNO3/c1-4-9(3)13(15(19)20)17-14(18)11-8-10(5-2)6-7-12(11)16/h6-9,13H,4-5H2,1-3H3,(H,17,18)(H,19,20). The highest BCUT2D eigenvalue weighted by atomic mass is 19.1. The highest BCUT2D eigenvalue weighted by Crippen LogP contribution is 2.13. The average Bonchev–Trinajstić information content (AvgIpc) is 2.43. The molecule has 2 atom stereocenters. The van der Waals surface area contributed by atoms with Crippen LogP contribution in [-0.2, 0) is 11.2 Å². The summed E-state index contributed by atoms with van der Waals surface area (Å²) in [6.07, 6.45) is 1.28. The number of nitrogens with one attached hydrogen (secondary N) is 1. The second-order valence-electron chi connectivity index (χ2n) is 4.84. The van der Waals surface area contributed by atoms with Gasteiger partial charge in [-0.1, -0.05) is 33.3 Å². The van der Waals surface area contributed by atoms with Gasteiger partial charge in [0.25, 0.3) is 5.91 Å². The molecular weight excluding hydrogens is 261 g/mol. The quantitative estimate of drug-likeness (QED) is 0.842. The van der Waals surface area contributed by atoms with Gasteiger partial charge in [-0.15, -0.1) is 0 Å². The smallest absolute Gasteiger partial charge is 0.326 e. The van der Waals surface area contributed by atoms with Crippen LogP contribution in [0.5, 0.6) is 0 Å². The minimum absolute atomic E-state index is 0.112. The van der Waals surface area contributed by atoms with Gasteiger partial charge >= 0.3 is 5.97 Å². The lowest BCUT2D eigenvalue weighted by Crippen LogP contribution is -2.45. The van der Waals surface area contributed by atoms with Gasteiger partial charge in [-0.2, -0.15) is 0 Å². The summed E-state index contributed by atoms with van der Waals surface area (Å²) >= 11 is 0. The van der Waals surface area contributed by atoms with E-state index in [0.29, 0.717) is 12.8 Å². The number of aryl methyl sites for hydroxylation is 1. The molecule has 0 aliphatic rings. The van der Waals surface area contributed by atoms with E-state index in [4.69, 9.17) is 5.11 Å². The van der Waals surface area contributed by atoms with Crippen molar-refractivity contribution in [3.63, 3.8) is 0 Å². The van der Waals surface area contributed by atoms with Crippen LogP contribution < -0.4 is 5.32 Å². The maximum Gasteiger partial charge on any atom is 0.326 e. The Balaban J connectivity index is 2.97. The molecule has 4 nitrogen and oxygen atoms in total. The van der Waals surface area contributed by atoms with Gasteiger partial charge in [-0.25, -0.2) is 9.18 Å². The first-order chi connectivity index (χ1) is 9.40. The van der Waals surface area contributed by atoms with E-state index < -0.39 is 23.7 Å². The second-order valence-corrected chi connectivity index (χ2v) is 4.84. The summed E-state index contributed by atoms with van der Waals surface area (Å²) in [5.74, 6) is -2.67. The molecule has 20 heavy (non-hydrogen) atoms. The Labute approximate surface area is 118 Å². The van der Waals surface area contributed by atoms with Gasteiger partial charge in [0, 0.05) is 0 Å². The zero-order chi connectivity index (χ0) is 15.3. The molecule has 2 N–H and O–H groups in total. The van der Waals surface area contributed by atoms with E-state index in [9.17, 15) is 14.0 Å². The maximum absolute atomic E-state index is 13.7. The predicted molar refractivity (Wildman–Crippen MR) is 74.1 cm³/mol. The number of benzene rings is 1. The predicted octanol–water partition coefficient (Wildman–Crippen LogP) is 2.62. The van der Waals surface area contributed by atoms with Crippen LogP contribution in [0.3, 0.4) is 0 Å². The molecule has 0 saturated heterocycles. The molecule has 2 unspecified atom stereocenters. The normalized spacial score (nSPS) is 13.6. The SMILES string of the molecule is CCc1ccc(F)c(C(=O)NC(C(=O)O)C(C)CC)c1. The Morgan fingerprint density at radius 1 is 1.35 bits per heavy atom. The molecule has 0 heterocycles. The van der Waals surface area contributed by atoms with E-state index in [1.165, 1.54) is 12.1 Å². The van der Waals surface area contributed by atoms with Gasteiger partial charge in [-0.05, 0) is 30.0 Å². The third-order valence-corrected chi connectivity index (χ3v) is 3.45. The number of aliphatic carboxylic acids is 1. The van der Waals surface area contributed by atoms with E-state index in [1.54, 1.807) is 13.0 Å². The van der Waals surface area contributed by atoms with Crippen molar-refractivity contribution in [3.8, 4) is 0 Å². The zero-order valence-electron chi connectivity index (χ0n) is 11.9. The van der Waals surface area contributed by atoms with Crippen LogP contribution >= 0.6 is 0 Å². The Morgan fingerprint density at radius 2 is 2.00 bits per heavy atom. The molecule has 1 aromatic rings. The van der Waals surface area contributed by atoms with E-state index in [1.807, 2.05) is 13.8 Å². The first-order valence-corrected chi connectivity index (χ1v) is 6.72. The molecule has 1 amide bonds. The lowest BCUT2D eigenvalue weighted by atomic mass is 9.98. The maximum atomic E-state index is 13.7. The van der Waals surface area contributed by atoms with Gasteiger partial charge in [0.1, 0.15) is 11.9 Å². The molecule has 5 heteroatoms. The van der Waals surface area contributed by atoms with Crippen LogP contribution in [0, 0.1) is 11.7 Å². The van der Waals surface area contributed by atoms with Crippen LogP contribution in [0.4, 0.5) is 4.39 Å². The van der Waals surface area contributed by atoms with E-state index in [2.05, 4.69) is 5.32 Å². The molecule has 0 saturated carbocycles. The summed E-state index contributed by atoms with van der Waals surface area (Å²) in [4.78, 5) is 23.2. The molecule has 0 fully saturated rings. The van der Waals surface area contributed by atoms with Crippen molar-refractivity contribution in [2.45, 2.75) is 39.7 Å². The third kappa shape index (κ3) is 3.79. The summed E-state index contributed by atoms with van der Waals surface area (Å²) in [7, 11) is 0. The molecule has 1 aromatic carbocycles. The Kier molecular flexibility index (Phi) is 5.67. The van der Waals surface area contributed by atoms with Crippen LogP contribution in [0.25, 0.3) is 0 Å². The number of hydrogen-bond donors (Lipinski definition) is 2. The van der Waals surface area contributed by atoms with Gasteiger partial charge in [-0.3, -0.25) is 4.79 Å². The van der Waals surface area contributed by atoms with E-state index in [0.717, 1.165) is 5.56 Å². The molecule has 0 aliphatic carbocycles. The van der Waals surface area contributed by atoms with Gasteiger partial charge in [0.15, 0.2) is 0 Å². The van der Waals surface area contributed by atoms with Crippen LogP contribution in [0.2, 0.25) is 0 Å². The number of carbonyl (C=O) groups is 2. The summed E-state index contributed by atoms with van der Waals surface area (Å²) in [5, 5.41) is 11.5. The van der Waals surface area contributed by atoms with Crippen molar-refractivity contribution in [1.29, 1.82) is 0 Å². The number of carboxylic acid groups (broad SMARTS) is 1. The number of halogens is 1. The summed E-state index contributed by atoms with van der Waals surface area (Å²) < 4.78 is 13.7. The highest BCUT2D eigenvalue weighted by molar-refractivity contribution is 5.97. The fraction of sp³-hybridized carbons (Fsp3) is 0.467. The monoisotopic (exact) mass is 281 g/mol. The van der Waals surface area contributed by atoms with Crippen molar-refractivity contribution in [1.82, 2.24) is 5.32 Å². The highest BCUT2D eigenvalue weighted by Gasteiger charge is 2.26. The summed E-state index contributed by atoms with van der Waals surface area (Å²) in [6.45, 7) is 5.47. The first kappa shape index (κ1) is 16.1. The van der Waals surface area contributed by atoms with Crippen molar-refractivity contribution in [2.75, 3.05) is 0 Å². The zero-order valence-corrected chi connectivity index (χ0v) is 11.9. The van der Waals surface area contributed by atoms with Gasteiger partial charge < -0.3 is 10.4 Å². The van der Waals surface area contributed by atoms with Crippen molar-refractivity contribution in [2.24, 2.45) is 5.92 Å². The van der Waals surface area contributed by atoms with Gasteiger partial charge in [0.05, 0.1) is 5.56 Å². The first-order valence-electron chi connectivity index (χ1n) is 6.72. The average molecular weight is 281 g/mol. The van der Waals surface area contributed by atoms with Crippen molar-refractivity contribution in [3.05, 3.63) is 35.1 Å². The minimum Gasteiger partial charge on any atom is -0.480 e. The lowest BCUT2D eigenvalue weighted by Gasteiger charge is -2.20. The molecule has 1 rings (SSSR count). The number of carboxylic acids is 1. The molecule has 0 aliphatic heterocycles. The van der Waals surface area contributed by atoms with Crippen molar-refractivity contribution >= 4 is 11.9 Å². The van der Waals surface area contributed by atoms with Crippen LogP contribution in [-0.4, -0.2) is 23.0 Å². The van der Waals surface area contributed by atoms with Crippen LogP contribution in [0.15, 0.2) is 18.2 Å². The summed E-state index contributed by atoms with van der Waals surface area (Å²) in [5.41, 5.74) is 0.714. The van der Waals surface area contributed by atoms with Crippen LogP contribution in [0.1, 0.15) is 43.1 Å². The largest absolute Gasteiger partial charge is 0.480 e. The number of amides is 1. The molecule has 0 bridgehead atoms. The van der Waals surface area contributed by atoms with Gasteiger partial charge in [0.2, 0.25) is 0 Å². The molecule has 0 spiro atoms. The topological polar surface area (TPSA) is 66.4 Å². The number of hydrogen-bond acceptors (Lipinski definition) is 2. The van der Waals surface area contributed by atoms with E-state index >= 15 is 0 Å².